The van der Waals surface area contributed by atoms with E-state index in [2.05, 4.69) is 44.9 Å². The van der Waals surface area contributed by atoms with Gasteiger partial charge in [-0.2, -0.15) is 0 Å². The van der Waals surface area contributed by atoms with Gasteiger partial charge in [-0.1, -0.05) is 48.2 Å². The van der Waals surface area contributed by atoms with E-state index >= 15 is 0 Å². The molecule has 3 N–H and O–H groups in total. The summed E-state index contributed by atoms with van der Waals surface area (Å²) >= 11 is 0. The van der Waals surface area contributed by atoms with Gasteiger partial charge in [-0.15, -0.1) is 0 Å². The van der Waals surface area contributed by atoms with E-state index in [0.717, 1.165) is 16.3 Å². The molecule has 0 aliphatic carbocycles. The van der Waals surface area contributed by atoms with Crippen LogP contribution in [-0.4, -0.2) is 37.1 Å². The third kappa shape index (κ3) is 5.33. The van der Waals surface area contributed by atoms with Gasteiger partial charge in [0.05, 0.1) is 33.0 Å². The standard InChI is InChI=1S/C22H26N4O5Si/c1-13(27)23-16-10-11-17(32(3,4)5)20(14-6-8-15(30-2)9-7-14)21(16)25-19(28)12-18-24-22(29)31-26-18/h6-11H,12H2,1-5H3,(H,23,27)(H,25,28)(H,24,26,29). The van der Waals surface area contributed by atoms with Gasteiger partial charge in [0.2, 0.25) is 11.8 Å². The monoisotopic (exact) mass is 454 g/mol. The van der Waals surface area contributed by atoms with Gasteiger partial charge in [-0.3, -0.25) is 19.1 Å². The van der Waals surface area contributed by atoms with Crippen molar-refractivity contribution in [2.24, 2.45) is 0 Å². The zero-order valence-electron chi connectivity index (χ0n) is 18.7. The molecule has 0 bridgehead atoms. The molecule has 0 atom stereocenters. The van der Waals surface area contributed by atoms with Crippen molar-refractivity contribution in [3.8, 4) is 16.9 Å². The van der Waals surface area contributed by atoms with Crippen LogP contribution in [0.25, 0.3) is 11.1 Å². The van der Waals surface area contributed by atoms with Crippen molar-refractivity contribution in [2.45, 2.75) is 33.0 Å². The van der Waals surface area contributed by atoms with Crippen LogP contribution < -0.4 is 26.3 Å². The fourth-order valence-corrected chi connectivity index (χ4v) is 4.98. The number of H-pyrrole nitrogens is 1. The van der Waals surface area contributed by atoms with Gasteiger partial charge >= 0.3 is 5.76 Å². The number of carbonyl (C=O) groups is 2. The summed E-state index contributed by atoms with van der Waals surface area (Å²) in [4.78, 5) is 38.2. The fourth-order valence-electron chi connectivity index (χ4n) is 3.38. The number of rotatable bonds is 7. The van der Waals surface area contributed by atoms with E-state index in [9.17, 15) is 14.4 Å². The molecule has 0 saturated heterocycles. The Hall–Kier alpha value is -3.66. The Morgan fingerprint density at radius 1 is 1.09 bits per heavy atom. The van der Waals surface area contributed by atoms with Gasteiger partial charge in [0.15, 0.2) is 5.82 Å². The first-order valence-electron chi connectivity index (χ1n) is 10.0. The summed E-state index contributed by atoms with van der Waals surface area (Å²) in [5, 5.41) is 10.4. The van der Waals surface area contributed by atoms with Gasteiger partial charge in [0.1, 0.15) is 5.75 Å². The molecule has 3 aromatic rings. The van der Waals surface area contributed by atoms with Gasteiger partial charge in [-0.05, 0) is 23.8 Å². The summed E-state index contributed by atoms with van der Waals surface area (Å²) < 4.78 is 9.75. The van der Waals surface area contributed by atoms with Crippen molar-refractivity contribution in [3.63, 3.8) is 0 Å². The van der Waals surface area contributed by atoms with Crippen molar-refractivity contribution < 1.29 is 18.8 Å². The summed E-state index contributed by atoms with van der Waals surface area (Å²) in [7, 11) is -0.272. The molecule has 9 nitrogen and oxygen atoms in total. The molecular weight excluding hydrogens is 428 g/mol. The number of anilines is 2. The number of benzene rings is 2. The topological polar surface area (TPSA) is 126 Å². The zero-order valence-corrected chi connectivity index (χ0v) is 19.7. The smallest absolute Gasteiger partial charge is 0.438 e. The third-order valence-electron chi connectivity index (χ3n) is 4.78. The summed E-state index contributed by atoms with van der Waals surface area (Å²) in [6.45, 7) is 8.03. The van der Waals surface area contributed by atoms with E-state index in [1.54, 1.807) is 13.2 Å². The highest BCUT2D eigenvalue weighted by atomic mass is 28.3. The molecular formula is C22H26N4O5Si. The number of aromatic amines is 1. The molecule has 0 unspecified atom stereocenters. The first-order chi connectivity index (χ1) is 15.1. The summed E-state index contributed by atoms with van der Waals surface area (Å²) in [6, 6.07) is 11.3. The fraction of sp³-hybridized carbons (Fsp3) is 0.273. The lowest BCUT2D eigenvalue weighted by atomic mass is 10.0. The average molecular weight is 455 g/mol. The maximum absolute atomic E-state index is 12.8. The lowest BCUT2D eigenvalue weighted by Gasteiger charge is -2.26. The second-order valence-corrected chi connectivity index (χ2v) is 13.4. The van der Waals surface area contributed by atoms with Gasteiger partial charge in [0.25, 0.3) is 0 Å². The number of hydrogen-bond donors (Lipinski definition) is 3. The molecule has 0 saturated carbocycles. The molecule has 0 aliphatic rings. The maximum Gasteiger partial charge on any atom is 0.438 e. The summed E-state index contributed by atoms with van der Waals surface area (Å²) in [5.74, 6) is -0.583. The zero-order chi connectivity index (χ0) is 23.5. The molecule has 168 valence electrons. The third-order valence-corrected chi connectivity index (χ3v) is 6.81. The van der Waals surface area contributed by atoms with Crippen LogP contribution >= 0.6 is 0 Å². The van der Waals surface area contributed by atoms with Crippen LogP contribution in [0, 0.1) is 0 Å². The Morgan fingerprint density at radius 3 is 2.31 bits per heavy atom. The van der Waals surface area contributed by atoms with Crippen molar-refractivity contribution in [1.29, 1.82) is 0 Å². The minimum absolute atomic E-state index is 0.112. The van der Waals surface area contributed by atoms with Gasteiger partial charge in [0, 0.05) is 12.5 Å². The number of ether oxygens (including phenoxy) is 1. The highest BCUT2D eigenvalue weighted by molar-refractivity contribution is 6.89. The molecule has 1 heterocycles. The van der Waals surface area contributed by atoms with Crippen LogP contribution in [-0.2, 0) is 16.0 Å². The number of hydrogen-bond acceptors (Lipinski definition) is 6. The molecule has 32 heavy (non-hydrogen) atoms. The molecule has 2 aromatic carbocycles. The predicted molar refractivity (Wildman–Crippen MR) is 125 cm³/mol. The molecule has 2 amide bonds. The quantitative estimate of drug-likeness (QED) is 0.471. The Kier molecular flexibility index (Phi) is 6.63. The highest BCUT2D eigenvalue weighted by Crippen LogP contribution is 2.35. The second-order valence-electron chi connectivity index (χ2n) is 8.34. The lowest BCUT2D eigenvalue weighted by Crippen LogP contribution is -2.39. The van der Waals surface area contributed by atoms with E-state index < -0.39 is 19.7 Å². The number of carbonyl (C=O) groups excluding carboxylic acids is 2. The lowest BCUT2D eigenvalue weighted by molar-refractivity contribution is -0.116. The minimum Gasteiger partial charge on any atom is -0.497 e. The van der Waals surface area contributed by atoms with E-state index in [1.807, 2.05) is 30.3 Å². The van der Waals surface area contributed by atoms with Crippen molar-refractivity contribution in [2.75, 3.05) is 17.7 Å². The molecule has 1 aromatic heterocycles. The Morgan fingerprint density at radius 2 is 1.78 bits per heavy atom. The SMILES string of the molecule is COc1ccc(-c2c([Si](C)(C)C)ccc(NC(C)=O)c2NC(=O)Cc2noc(=O)[nH]2)cc1. The first kappa shape index (κ1) is 23.0. The van der Waals surface area contributed by atoms with Crippen molar-refractivity contribution >= 4 is 36.4 Å². The van der Waals surface area contributed by atoms with E-state index in [-0.39, 0.29) is 18.2 Å². The largest absolute Gasteiger partial charge is 0.497 e. The second kappa shape index (κ2) is 9.23. The maximum atomic E-state index is 12.8. The van der Waals surface area contributed by atoms with Crippen LogP contribution in [0.5, 0.6) is 5.75 Å². The highest BCUT2D eigenvalue weighted by Gasteiger charge is 2.26. The normalized spacial score (nSPS) is 11.2. The van der Waals surface area contributed by atoms with Crippen LogP contribution in [0.4, 0.5) is 11.4 Å². The molecule has 0 radical (unpaired) electrons. The molecule has 10 heteroatoms. The molecule has 0 aliphatic heterocycles. The first-order valence-corrected chi connectivity index (χ1v) is 13.5. The number of nitrogens with zero attached hydrogens (tertiary/aromatic N) is 1. The summed E-state index contributed by atoms with van der Waals surface area (Å²) in [5.41, 5.74) is 2.68. The van der Waals surface area contributed by atoms with Crippen LogP contribution in [0.2, 0.25) is 19.6 Å². The Balaban J connectivity index is 2.15. The van der Waals surface area contributed by atoms with Crippen LogP contribution in [0.1, 0.15) is 12.7 Å². The Bertz CT molecular complexity index is 1190. The van der Waals surface area contributed by atoms with Gasteiger partial charge in [-0.25, -0.2) is 4.79 Å². The van der Waals surface area contributed by atoms with E-state index in [1.165, 1.54) is 6.92 Å². The number of nitrogens with one attached hydrogen (secondary N) is 3. The van der Waals surface area contributed by atoms with Crippen molar-refractivity contribution in [3.05, 3.63) is 52.8 Å². The molecule has 0 spiro atoms. The number of amides is 2. The van der Waals surface area contributed by atoms with Gasteiger partial charge < -0.3 is 15.4 Å². The minimum atomic E-state index is -1.87. The Labute approximate surface area is 186 Å². The average Bonchev–Trinajstić information content (AvgIpc) is 3.12. The predicted octanol–water partition coefficient (Wildman–Crippen LogP) is 2.72. The molecule has 3 rings (SSSR count). The summed E-state index contributed by atoms with van der Waals surface area (Å²) in [6.07, 6.45) is -0.190. The van der Waals surface area contributed by atoms with E-state index in [0.29, 0.717) is 17.1 Å². The van der Waals surface area contributed by atoms with Crippen molar-refractivity contribution in [1.82, 2.24) is 10.1 Å². The van der Waals surface area contributed by atoms with Crippen LogP contribution in [0.15, 0.2) is 45.7 Å². The van der Waals surface area contributed by atoms with E-state index in [4.69, 9.17) is 4.74 Å². The number of aromatic nitrogens is 2. The molecule has 0 fully saturated rings. The number of methoxy groups -OCH3 is 1. The van der Waals surface area contributed by atoms with Crippen LogP contribution in [0.3, 0.4) is 0 Å².